The van der Waals surface area contributed by atoms with Gasteiger partial charge in [0.15, 0.2) is 9.84 Å². The van der Waals surface area contributed by atoms with Crippen LogP contribution >= 0.6 is 11.3 Å². The zero-order chi connectivity index (χ0) is 13.4. The number of nitrogens with two attached hydrogens (primary N) is 1. The van der Waals surface area contributed by atoms with Gasteiger partial charge in [-0.25, -0.2) is 21.6 Å². The lowest BCUT2D eigenvalue weighted by atomic mass is 10.3. The second-order valence-electron chi connectivity index (χ2n) is 4.13. The minimum absolute atomic E-state index is 0.0353. The molecule has 1 atom stereocenters. The normalized spacial score (nSPS) is 23.3. The summed E-state index contributed by atoms with van der Waals surface area (Å²) in [6.07, 6.45) is 0.323. The Bertz CT molecular complexity index is 633. The molecule has 6 nitrogen and oxygen atoms in total. The van der Waals surface area contributed by atoms with Gasteiger partial charge in [-0.1, -0.05) is 0 Å². The minimum Gasteiger partial charge on any atom is -0.326 e. The monoisotopic (exact) mass is 310 g/mol. The zero-order valence-corrected chi connectivity index (χ0v) is 11.9. The summed E-state index contributed by atoms with van der Waals surface area (Å²) in [7, 11) is -6.78. The molecule has 1 saturated heterocycles. The Morgan fingerprint density at radius 3 is 2.78 bits per heavy atom. The molecule has 18 heavy (non-hydrogen) atoms. The molecular formula is C9H14N2O4S3. The van der Waals surface area contributed by atoms with Crippen LogP contribution in [-0.4, -0.2) is 34.4 Å². The predicted octanol–water partition coefficient (Wildman–Crippen LogP) is -0.328. The Morgan fingerprint density at radius 1 is 1.50 bits per heavy atom. The standard InChI is InChI=1S/C9H14N2O4S3/c10-5-8-9(1-3-16-8)18(14,15)11-7-2-4-17(12,13)6-7/h1,3,7,11H,2,4-6,10H2. The molecule has 1 aromatic rings. The van der Waals surface area contributed by atoms with Crippen molar-refractivity contribution in [3.63, 3.8) is 0 Å². The Labute approximate surface area is 110 Å². The van der Waals surface area contributed by atoms with Crippen molar-refractivity contribution in [3.8, 4) is 0 Å². The van der Waals surface area contributed by atoms with Crippen molar-refractivity contribution in [2.75, 3.05) is 11.5 Å². The largest absolute Gasteiger partial charge is 0.326 e. The summed E-state index contributed by atoms with van der Waals surface area (Å²) in [5, 5.41) is 1.65. The van der Waals surface area contributed by atoms with Crippen molar-refractivity contribution in [1.29, 1.82) is 0 Å². The third kappa shape index (κ3) is 2.91. The number of hydrogen-bond donors (Lipinski definition) is 2. The summed E-state index contributed by atoms with van der Waals surface area (Å²) in [5.41, 5.74) is 5.47. The van der Waals surface area contributed by atoms with E-state index >= 15 is 0 Å². The molecule has 1 fully saturated rings. The molecule has 9 heteroatoms. The Hall–Kier alpha value is -0.480. The van der Waals surface area contributed by atoms with Gasteiger partial charge < -0.3 is 5.73 Å². The predicted molar refractivity (Wildman–Crippen MR) is 69.6 cm³/mol. The number of sulfone groups is 1. The highest BCUT2D eigenvalue weighted by molar-refractivity contribution is 7.92. The van der Waals surface area contributed by atoms with E-state index in [9.17, 15) is 16.8 Å². The topological polar surface area (TPSA) is 106 Å². The minimum atomic E-state index is -3.68. The average Bonchev–Trinajstić information content (AvgIpc) is 2.84. The van der Waals surface area contributed by atoms with Crippen LogP contribution in [0.5, 0.6) is 0 Å². The molecule has 1 aliphatic rings. The van der Waals surface area contributed by atoms with Crippen molar-refractivity contribution < 1.29 is 16.8 Å². The fourth-order valence-corrected chi connectivity index (χ4v) is 6.27. The van der Waals surface area contributed by atoms with Gasteiger partial charge in [0.05, 0.1) is 16.4 Å². The highest BCUT2D eigenvalue weighted by Crippen LogP contribution is 2.22. The zero-order valence-electron chi connectivity index (χ0n) is 9.50. The van der Waals surface area contributed by atoms with Crippen molar-refractivity contribution in [1.82, 2.24) is 4.72 Å². The van der Waals surface area contributed by atoms with E-state index in [1.54, 1.807) is 5.38 Å². The van der Waals surface area contributed by atoms with Gasteiger partial charge in [0.25, 0.3) is 0 Å². The van der Waals surface area contributed by atoms with E-state index in [2.05, 4.69) is 4.72 Å². The molecule has 1 aliphatic heterocycles. The first-order valence-electron chi connectivity index (χ1n) is 5.33. The van der Waals surface area contributed by atoms with Crippen LogP contribution < -0.4 is 10.5 Å². The van der Waals surface area contributed by atoms with Gasteiger partial charge in [-0.3, -0.25) is 0 Å². The third-order valence-electron chi connectivity index (χ3n) is 2.73. The van der Waals surface area contributed by atoms with E-state index in [0.29, 0.717) is 11.3 Å². The van der Waals surface area contributed by atoms with E-state index < -0.39 is 25.9 Å². The highest BCUT2D eigenvalue weighted by atomic mass is 32.2. The van der Waals surface area contributed by atoms with Crippen molar-refractivity contribution in [2.24, 2.45) is 5.73 Å². The van der Waals surface area contributed by atoms with Gasteiger partial charge in [0.2, 0.25) is 10.0 Å². The van der Waals surface area contributed by atoms with E-state index in [4.69, 9.17) is 5.73 Å². The molecule has 2 rings (SSSR count). The van der Waals surface area contributed by atoms with Gasteiger partial charge in [-0.2, -0.15) is 0 Å². The quantitative estimate of drug-likeness (QED) is 0.792. The fourth-order valence-electron chi connectivity index (χ4n) is 1.89. The molecular weight excluding hydrogens is 296 g/mol. The van der Waals surface area contributed by atoms with Crippen molar-refractivity contribution in [2.45, 2.75) is 23.9 Å². The van der Waals surface area contributed by atoms with Gasteiger partial charge in [-0.15, -0.1) is 11.3 Å². The van der Waals surface area contributed by atoms with Gasteiger partial charge in [0.1, 0.15) is 0 Å². The summed E-state index contributed by atoms with van der Waals surface area (Å²) in [5.74, 6) is -0.0953. The molecule has 3 N–H and O–H groups in total. The van der Waals surface area contributed by atoms with Crippen LogP contribution in [0.3, 0.4) is 0 Å². The summed E-state index contributed by atoms with van der Waals surface area (Å²) in [6.45, 7) is 0.150. The van der Waals surface area contributed by atoms with Crippen molar-refractivity contribution >= 4 is 31.2 Å². The third-order valence-corrected chi connectivity index (χ3v) is 7.18. The number of rotatable bonds is 4. The molecule has 0 radical (unpaired) electrons. The van der Waals surface area contributed by atoms with E-state index in [1.165, 1.54) is 17.4 Å². The number of sulfonamides is 1. The molecule has 0 aliphatic carbocycles. The first kappa shape index (κ1) is 13.9. The average molecular weight is 310 g/mol. The first-order valence-corrected chi connectivity index (χ1v) is 9.52. The van der Waals surface area contributed by atoms with E-state index in [0.717, 1.165) is 0 Å². The van der Waals surface area contributed by atoms with Crippen LogP contribution in [-0.2, 0) is 26.4 Å². The number of nitrogens with one attached hydrogen (secondary N) is 1. The van der Waals surface area contributed by atoms with Crippen LogP contribution in [0.1, 0.15) is 11.3 Å². The van der Waals surface area contributed by atoms with Crippen LogP contribution in [0.2, 0.25) is 0 Å². The first-order chi connectivity index (χ1) is 8.34. The maximum atomic E-state index is 12.1. The second-order valence-corrected chi connectivity index (χ2v) is 9.05. The Kier molecular flexibility index (Phi) is 3.79. The molecule has 2 heterocycles. The van der Waals surface area contributed by atoms with Gasteiger partial charge in [0, 0.05) is 17.5 Å². The van der Waals surface area contributed by atoms with Gasteiger partial charge >= 0.3 is 0 Å². The molecule has 0 aromatic carbocycles. The lowest BCUT2D eigenvalue weighted by molar-refractivity contribution is 0.562. The Morgan fingerprint density at radius 2 is 2.22 bits per heavy atom. The smallest absolute Gasteiger partial charge is 0.242 e. The molecule has 1 aromatic heterocycles. The highest BCUT2D eigenvalue weighted by Gasteiger charge is 2.32. The van der Waals surface area contributed by atoms with Crippen molar-refractivity contribution in [3.05, 3.63) is 16.3 Å². The molecule has 0 spiro atoms. The molecule has 0 saturated carbocycles. The van der Waals surface area contributed by atoms with Crippen LogP contribution in [0.15, 0.2) is 16.3 Å². The summed E-state index contributed by atoms with van der Waals surface area (Å²) in [4.78, 5) is 0.725. The lowest BCUT2D eigenvalue weighted by Crippen LogP contribution is -2.35. The number of thiophene rings is 1. The van der Waals surface area contributed by atoms with E-state index in [-0.39, 0.29) is 22.9 Å². The van der Waals surface area contributed by atoms with E-state index in [1.807, 2.05) is 0 Å². The van der Waals surface area contributed by atoms with Crippen LogP contribution in [0.25, 0.3) is 0 Å². The number of hydrogen-bond acceptors (Lipinski definition) is 6. The second kappa shape index (κ2) is 4.89. The molecule has 0 amide bonds. The van der Waals surface area contributed by atoms with Crippen LogP contribution in [0.4, 0.5) is 0 Å². The molecule has 0 bridgehead atoms. The molecule has 1 unspecified atom stereocenters. The fraction of sp³-hybridized carbons (Fsp3) is 0.556. The summed E-state index contributed by atoms with van der Waals surface area (Å²) < 4.78 is 49.2. The summed E-state index contributed by atoms with van der Waals surface area (Å²) in [6, 6.07) is 0.948. The maximum absolute atomic E-state index is 12.1. The van der Waals surface area contributed by atoms with Gasteiger partial charge in [-0.05, 0) is 17.9 Å². The summed E-state index contributed by atoms with van der Waals surface area (Å²) >= 11 is 1.27. The maximum Gasteiger partial charge on any atom is 0.242 e. The van der Waals surface area contributed by atoms with Crippen LogP contribution in [0, 0.1) is 0 Å². The molecule has 102 valence electrons. The lowest BCUT2D eigenvalue weighted by Gasteiger charge is -2.11. The SMILES string of the molecule is NCc1sccc1S(=O)(=O)NC1CCS(=O)(=O)C1. The Balaban J connectivity index is 2.19.